The van der Waals surface area contributed by atoms with E-state index in [2.05, 4.69) is 60.8 Å². The van der Waals surface area contributed by atoms with Crippen molar-refractivity contribution in [1.29, 1.82) is 0 Å². The van der Waals surface area contributed by atoms with Gasteiger partial charge in [0.15, 0.2) is 0 Å². The van der Waals surface area contributed by atoms with E-state index in [0.29, 0.717) is 6.04 Å². The van der Waals surface area contributed by atoms with Crippen molar-refractivity contribution >= 4 is 0 Å². The molecule has 0 heterocycles. The van der Waals surface area contributed by atoms with Crippen LogP contribution in [0.4, 0.5) is 0 Å². The predicted octanol–water partition coefficient (Wildman–Crippen LogP) is 3.82. The molecule has 2 heteroatoms. The van der Waals surface area contributed by atoms with Gasteiger partial charge in [-0.1, -0.05) is 48.5 Å². The van der Waals surface area contributed by atoms with E-state index < -0.39 is 0 Å². The van der Waals surface area contributed by atoms with Crippen molar-refractivity contribution in [2.45, 2.75) is 19.4 Å². The van der Waals surface area contributed by atoms with Crippen LogP contribution >= 0.6 is 0 Å². The molecule has 1 atom stereocenters. The minimum atomic E-state index is 0.347. The first-order valence-electron chi connectivity index (χ1n) is 7.10. The third-order valence-corrected chi connectivity index (χ3v) is 3.72. The summed E-state index contributed by atoms with van der Waals surface area (Å²) >= 11 is 0. The van der Waals surface area contributed by atoms with Crippen molar-refractivity contribution in [1.82, 2.24) is 5.32 Å². The third kappa shape index (κ3) is 3.47. The molecule has 1 N–H and O–H groups in total. The van der Waals surface area contributed by atoms with Crippen molar-refractivity contribution in [3.63, 3.8) is 0 Å². The van der Waals surface area contributed by atoms with Gasteiger partial charge in [0, 0.05) is 13.2 Å². The van der Waals surface area contributed by atoms with Crippen LogP contribution < -0.4 is 5.32 Å². The SMILES string of the molecule is CNC(C)c1ccccc1-c1ccc(CCOC)cc1. The van der Waals surface area contributed by atoms with Crippen LogP contribution in [0.2, 0.25) is 0 Å². The molecule has 2 nitrogen and oxygen atoms in total. The van der Waals surface area contributed by atoms with Crippen molar-refractivity contribution in [3.05, 3.63) is 59.7 Å². The van der Waals surface area contributed by atoms with E-state index in [1.54, 1.807) is 7.11 Å². The van der Waals surface area contributed by atoms with Crippen molar-refractivity contribution in [3.8, 4) is 11.1 Å². The van der Waals surface area contributed by atoms with Crippen LogP contribution in [0.5, 0.6) is 0 Å². The van der Waals surface area contributed by atoms with Gasteiger partial charge in [-0.25, -0.2) is 0 Å². The summed E-state index contributed by atoms with van der Waals surface area (Å²) in [6.45, 7) is 2.96. The summed E-state index contributed by atoms with van der Waals surface area (Å²) in [5.41, 5.74) is 5.21. The summed E-state index contributed by atoms with van der Waals surface area (Å²) in [6.07, 6.45) is 0.964. The summed E-state index contributed by atoms with van der Waals surface area (Å²) < 4.78 is 5.12. The fourth-order valence-electron chi connectivity index (χ4n) is 2.36. The molecular formula is C18H23NO. The molecule has 0 amide bonds. The molecular weight excluding hydrogens is 246 g/mol. The molecule has 2 aromatic carbocycles. The van der Waals surface area contributed by atoms with E-state index in [0.717, 1.165) is 13.0 Å². The third-order valence-electron chi connectivity index (χ3n) is 3.72. The quantitative estimate of drug-likeness (QED) is 0.860. The van der Waals surface area contributed by atoms with Crippen molar-refractivity contribution < 1.29 is 4.74 Å². The normalized spacial score (nSPS) is 12.3. The molecule has 0 saturated carbocycles. The molecule has 2 rings (SSSR count). The zero-order chi connectivity index (χ0) is 14.4. The van der Waals surface area contributed by atoms with Crippen LogP contribution in [0.15, 0.2) is 48.5 Å². The van der Waals surface area contributed by atoms with Gasteiger partial charge < -0.3 is 10.1 Å². The molecule has 0 radical (unpaired) electrons. The summed E-state index contributed by atoms with van der Waals surface area (Å²) in [5, 5.41) is 3.31. The summed E-state index contributed by atoms with van der Waals surface area (Å²) in [7, 11) is 3.74. The van der Waals surface area contributed by atoms with Gasteiger partial charge in [0.1, 0.15) is 0 Å². The Morgan fingerprint density at radius 1 is 1.05 bits per heavy atom. The largest absolute Gasteiger partial charge is 0.384 e. The molecule has 106 valence electrons. The van der Waals surface area contributed by atoms with E-state index >= 15 is 0 Å². The Labute approximate surface area is 121 Å². The van der Waals surface area contributed by atoms with Gasteiger partial charge in [0.05, 0.1) is 6.61 Å². The molecule has 0 saturated heterocycles. The van der Waals surface area contributed by atoms with Crippen LogP contribution in [0.3, 0.4) is 0 Å². The minimum absolute atomic E-state index is 0.347. The number of rotatable bonds is 6. The molecule has 0 aliphatic carbocycles. The standard InChI is InChI=1S/C18H23NO/c1-14(19-2)17-6-4-5-7-18(17)16-10-8-15(9-11-16)12-13-20-3/h4-11,14,19H,12-13H2,1-3H3. The first-order chi connectivity index (χ1) is 9.76. The van der Waals surface area contributed by atoms with Gasteiger partial charge in [-0.2, -0.15) is 0 Å². The molecule has 0 aliphatic heterocycles. The predicted molar refractivity (Wildman–Crippen MR) is 84.9 cm³/mol. The first-order valence-corrected chi connectivity index (χ1v) is 7.10. The van der Waals surface area contributed by atoms with Gasteiger partial charge in [-0.05, 0) is 42.6 Å². The van der Waals surface area contributed by atoms with E-state index in [1.807, 2.05) is 7.05 Å². The van der Waals surface area contributed by atoms with E-state index in [1.165, 1.54) is 22.3 Å². The maximum absolute atomic E-state index is 5.12. The number of hydrogen-bond donors (Lipinski definition) is 1. The van der Waals surface area contributed by atoms with E-state index in [9.17, 15) is 0 Å². The summed E-state index contributed by atoms with van der Waals surface area (Å²) in [6, 6.07) is 17.7. The lowest BCUT2D eigenvalue weighted by atomic mass is 9.95. The number of nitrogens with one attached hydrogen (secondary N) is 1. The van der Waals surface area contributed by atoms with Crippen LogP contribution in [0.1, 0.15) is 24.1 Å². The maximum atomic E-state index is 5.12. The van der Waals surface area contributed by atoms with Crippen molar-refractivity contribution in [2.24, 2.45) is 0 Å². The zero-order valence-corrected chi connectivity index (χ0v) is 12.5. The summed E-state index contributed by atoms with van der Waals surface area (Å²) in [5.74, 6) is 0. The Kier molecular flexibility index (Phi) is 5.33. The molecule has 2 aromatic rings. The van der Waals surface area contributed by atoms with Gasteiger partial charge in [-0.3, -0.25) is 0 Å². The average Bonchev–Trinajstić information content (AvgIpc) is 2.52. The van der Waals surface area contributed by atoms with Crippen LogP contribution in [0.25, 0.3) is 11.1 Å². The molecule has 0 aliphatic rings. The van der Waals surface area contributed by atoms with Gasteiger partial charge in [-0.15, -0.1) is 0 Å². The van der Waals surface area contributed by atoms with Gasteiger partial charge in [0.2, 0.25) is 0 Å². The molecule has 0 spiro atoms. The van der Waals surface area contributed by atoms with Crippen LogP contribution in [-0.4, -0.2) is 20.8 Å². The van der Waals surface area contributed by atoms with E-state index in [-0.39, 0.29) is 0 Å². The highest BCUT2D eigenvalue weighted by Crippen LogP contribution is 2.28. The number of ether oxygens (including phenoxy) is 1. The monoisotopic (exact) mass is 269 g/mol. The minimum Gasteiger partial charge on any atom is -0.384 e. The number of methoxy groups -OCH3 is 1. The molecule has 0 bridgehead atoms. The Morgan fingerprint density at radius 3 is 2.40 bits per heavy atom. The molecule has 20 heavy (non-hydrogen) atoms. The van der Waals surface area contributed by atoms with Gasteiger partial charge >= 0.3 is 0 Å². The fourth-order valence-corrected chi connectivity index (χ4v) is 2.36. The highest BCUT2D eigenvalue weighted by molar-refractivity contribution is 5.68. The lowest BCUT2D eigenvalue weighted by Crippen LogP contribution is -2.13. The Morgan fingerprint density at radius 2 is 1.75 bits per heavy atom. The lowest BCUT2D eigenvalue weighted by molar-refractivity contribution is 0.202. The summed E-state index contributed by atoms with van der Waals surface area (Å²) in [4.78, 5) is 0. The lowest BCUT2D eigenvalue weighted by Gasteiger charge is -2.16. The second-order valence-corrected chi connectivity index (χ2v) is 5.04. The number of hydrogen-bond acceptors (Lipinski definition) is 2. The Balaban J connectivity index is 2.27. The first kappa shape index (κ1) is 14.8. The van der Waals surface area contributed by atoms with Gasteiger partial charge in [0.25, 0.3) is 0 Å². The topological polar surface area (TPSA) is 21.3 Å². The zero-order valence-electron chi connectivity index (χ0n) is 12.5. The molecule has 1 unspecified atom stereocenters. The maximum Gasteiger partial charge on any atom is 0.0502 e. The fraction of sp³-hybridized carbons (Fsp3) is 0.333. The second kappa shape index (κ2) is 7.22. The highest BCUT2D eigenvalue weighted by Gasteiger charge is 2.09. The Hall–Kier alpha value is -1.64. The van der Waals surface area contributed by atoms with E-state index in [4.69, 9.17) is 4.74 Å². The number of benzene rings is 2. The molecule has 0 aromatic heterocycles. The average molecular weight is 269 g/mol. The Bertz CT molecular complexity index is 533. The highest BCUT2D eigenvalue weighted by atomic mass is 16.5. The second-order valence-electron chi connectivity index (χ2n) is 5.04. The van der Waals surface area contributed by atoms with Crippen molar-refractivity contribution in [2.75, 3.05) is 20.8 Å². The van der Waals surface area contributed by atoms with Crippen LogP contribution in [-0.2, 0) is 11.2 Å². The molecule has 0 fully saturated rings. The smallest absolute Gasteiger partial charge is 0.0502 e. The van der Waals surface area contributed by atoms with Crippen LogP contribution in [0, 0.1) is 0 Å².